The Hall–Kier alpha value is -1.23. The second kappa shape index (κ2) is 6.48. The van der Waals surface area contributed by atoms with Crippen LogP contribution in [0.1, 0.15) is 28.3 Å². The molecule has 0 radical (unpaired) electrons. The second-order valence-corrected chi connectivity index (χ2v) is 5.82. The first-order valence-corrected chi connectivity index (χ1v) is 7.28. The van der Waals surface area contributed by atoms with Crippen LogP contribution >= 0.6 is 15.9 Å². The zero-order chi connectivity index (χ0) is 14.7. The number of hydrogen-bond acceptors (Lipinski definition) is 2. The van der Waals surface area contributed by atoms with E-state index in [9.17, 15) is 4.39 Å². The summed E-state index contributed by atoms with van der Waals surface area (Å²) in [5.74, 6) is 5.45. The van der Waals surface area contributed by atoms with Gasteiger partial charge in [0.15, 0.2) is 0 Å². The number of nitrogens with two attached hydrogens (primary N) is 1. The summed E-state index contributed by atoms with van der Waals surface area (Å²) in [6.07, 6.45) is 0.708. The van der Waals surface area contributed by atoms with Gasteiger partial charge in [-0.1, -0.05) is 24.3 Å². The quantitative estimate of drug-likeness (QED) is 0.655. The number of hydrogen-bond donors (Lipinski definition) is 2. The molecule has 0 aliphatic carbocycles. The SMILES string of the molecule is Cc1cccc(C(Cc2ccc(F)c(Br)c2)NN)c1C. The van der Waals surface area contributed by atoms with Gasteiger partial charge in [0.2, 0.25) is 0 Å². The van der Waals surface area contributed by atoms with E-state index in [0.717, 1.165) is 5.56 Å². The van der Waals surface area contributed by atoms with E-state index >= 15 is 0 Å². The summed E-state index contributed by atoms with van der Waals surface area (Å²) in [6.45, 7) is 4.18. The Labute approximate surface area is 127 Å². The zero-order valence-electron chi connectivity index (χ0n) is 11.6. The second-order valence-electron chi connectivity index (χ2n) is 4.96. The first-order valence-electron chi connectivity index (χ1n) is 6.49. The lowest BCUT2D eigenvalue weighted by molar-refractivity contribution is 0.547. The third-order valence-corrected chi connectivity index (χ3v) is 4.25. The summed E-state index contributed by atoms with van der Waals surface area (Å²) in [7, 11) is 0. The highest BCUT2D eigenvalue weighted by molar-refractivity contribution is 9.10. The van der Waals surface area contributed by atoms with Crippen molar-refractivity contribution in [2.24, 2.45) is 5.84 Å². The van der Waals surface area contributed by atoms with Gasteiger partial charge in [0, 0.05) is 0 Å². The Balaban J connectivity index is 2.28. The predicted molar refractivity (Wildman–Crippen MR) is 83.8 cm³/mol. The summed E-state index contributed by atoms with van der Waals surface area (Å²) in [5.41, 5.74) is 7.54. The molecule has 0 saturated heterocycles. The lowest BCUT2D eigenvalue weighted by atomic mass is 9.93. The number of nitrogens with one attached hydrogen (secondary N) is 1. The molecule has 0 aliphatic rings. The van der Waals surface area contributed by atoms with Gasteiger partial charge < -0.3 is 0 Å². The highest BCUT2D eigenvalue weighted by Gasteiger charge is 2.14. The number of hydrazine groups is 1. The van der Waals surface area contributed by atoms with Crippen molar-refractivity contribution < 1.29 is 4.39 Å². The van der Waals surface area contributed by atoms with Crippen LogP contribution in [0.2, 0.25) is 0 Å². The summed E-state index contributed by atoms with van der Waals surface area (Å²) in [4.78, 5) is 0. The Kier molecular flexibility index (Phi) is 4.91. The van der Waals surface area contributed by atoms with E-state index in [-0.39, 0.29) is 11.9 Å². The van der Waals surface area contributed by atoms with Crippen molar-refractivity contribution in [3.63, 3.8) is 0 Å². The normalized spacial score (nSPS) is 12.4. The maximum absolute atomic E-state index is 13.3. The van der Waals surface area contributed by atoms with Crippen molar-refractivity contribution in [3.05, 3.63) is 68.9 Å². The van der Waals surface area contributed by atoms with Crippen molar-refractivity contribution in [1.82, 2.24) is 5.43 Å². The number of benzene rings is 2. The minimum Gasteiger partial charge on any atom is -0.271 e. The van der Waals surface area contributed by atoms with Gasteiger partial charge >= 0.3 is 0 Å². The summed E-state index contributed by atoms with van der Waals surface area (Å²) >= 11 is 3.21. The van der Waals surface area contributed by atoms with E-state index in [0.29, 0.717) is 10.9 Å². The number of aryl methyl sites for hydroxylation is 1. The van der Waals surface area contributed by atoms with Gasteiger partial charge in [0.05, 0.1) is 10.5 Å². The lowest BCUT2D eigenvalue weighted by Crippen LogP contribution is -2.30. The van der Waals surface area contributed by atoms with E-state index in [1.807, 2.05) is 6.07 Å². The lowest BCUT2D eigenvalue weighted by Gasteiger charge is -2.20. The molecular weight excluding hydrogens is 319 g/mol. The van der Waals surface area contributed by atoms with Crippen molar-refractivity contribution in [1.29, 1.82) is 0 Å². The largest absolute Gasteiger partial charge is 0.271 e. The molecule has 0 aliphatic heterocycles. The molecule has 0 bridgehead atoms. The fraction of sp³-hybridized carbons (Fsp3) is 0.250. The first-order chi connectivity index (χ1) is 9.52. The van der Waals surface area contributed by atoms with Crippen LogP contribution in [-0.2, 0) is 6.42 Å². The van der Waals surface area contributed by atoms with Gasteiger partial charge in [0.1, 0.15) is 5.82 Å². The zero-order valence-corrected chi connectivity index (χ0v) is 13.2. The molecule has 0 amide bonds. The smallest absolute Gasteiger partial charge is 0.137 e. The molecule has 2 nitrogen and oxygen atoms in total. The van der Waals surface area contributed by atoms with Crippen LogP contribution in [0.25, 0.3) is 0 Å². The fourth-order valence-electron chi connectivity index (χ4n) is 2.31. The van der Waals surface area contributed by atoms with E-state index in [2.05, 4.69) is 47.3 Å². The molecule has 0 saturated carbocycles. The molecule has 3 N–H and O–H groups in total. The molecule has 0 spiro atoms. The van der Waals surface area contributed by atoms with Gasteiger partial charge in [-0.3, -0.25) is 11.3 Å². The van der Waals surface area contributed by atoms with Crippen molar-refractivity contribution in [3.8, 4) is 0 Å². The number of halogens is 2. The van der Waals surface area contributed by atoms with Crippen LogP contribution in [0.15, 0.2) is 40.9 Å². The van der Waals surface area contributed by atoms with Gasteiger partial charge in [-0.15, -0.1) is 0 Å². The minimum absolute atomic E-state index is 0.00672. The molecule has 0 fully saturated rings. The summed E-state index contributed by atoms with van der Waals surface area (Å²) in [6, 6.07) is 11.2. The molecule has 1 unspecified atom stereocenters. The average molecular weight is 337 g/mol. The molecule has 1 atom stereocenters. The Bertz CT molecular complexity index is 613. The van der Waals surface area contributed by atoms with Crippen LogP contribution in [0.4, 0.5) is 4.39 Å². The van der Waals surface area contributed by atoms with Crippen molar-refractivity contribution >= 4 is 15.9 Å². The molecular formula is C16H18BrFN2. The Morgan fingerprint density at radius 1 is 1.25 bits per heavy atom. The van der Waals surface area contributed by atoms with Gasteiger partial charge in [-0.2, -0.15) is 0 Å². The molecule has 4 heteroatoms. The van der Waals surface area contributed by atoms with Crippen LogP contribution in [-0.4, -0.2) is 0 Å². The monoisotopic (exact) mass is 336 g/mol. The third kappa shape index (κ3) is 3.26. The Morgan fingerprint density at radius 3 is 2.65 bits per heavy atom. The van der Waals surface area contributed by atoms with E-state index in [1.165, 1.54) is 22.8 Å². The standard InChI is InChI=1S/C16H18BrFN2/c1-10-4-3-5-13(11(10)2)16(20-19)9-12-6-7-15(18)14(17)8-12/h3-8,16,20H,9,19H2,1-2H3. The fourth-order valence-corrected chi connectivity index (χ4v) is 2.74. The molecule has 20 heavy (non-hydrogen) atoms. The van der Waals surface area contributed by atoms with Crippen molar-refractivity contribution in [2.45, 2.75) is 26.3 Å². The van der Waals surface area contributed by atoms with E-state index < -0.39 is 0 Å². The third-order valence-electron chi connectivity index (χ3n) is 3.65. The summed E-state index contributed by atoms with van der Waals surface area (Å²) in [5, 5.41) is 0. The minimum atomic E-state index is -0.252. The Morgan fingerprint density at radius 2 is 2.00 bits per heavy atom. The maximum atomic E-state index is 13.3. The maximum Gasteiger partial charge on any atom is 0.137 e. The first kappa shape index (κ1) is 15.2. The molecule has 2 aromatic carbocycles. The van der Waals surface area contributed by atoms with Crippen LogP contribution in [0.3, 0.4) is 0 Å². The molecule has 2 aromatic rings. The number of rotatable bonds is 4. The van der Waals surface area contributed by atoms with E-state index in [4.69, 9.17) is 5.84 Å². The topological polar surface area (TPSA) is 38.0 Å². The summed E-state index contributed by atoms with van der Waals surface area (Å²) < 4.78 is 13.7. The average Bonchev–Trinajstić information content (AvgIpc) is 2.43. The molecule has 0 aromatic heterocycles. The van der Waals surface area contributed by atoms with Crippen LogP contribution < -0.4 is 11.3 Å². The highest BCUT2D eigenvalue weighted by atomic mass is 79.9. The molecule has 0 heterocycles. The van der Waals surface area contributed by atoms with Crippen LogP contribution in [0.5, 0.6) is 0 Å². The highest BCUT2D eigenvalue weighted by Crippen LogP contribution is 2.25. The van der Waals surface area contributed by atoms with E-state index in [1.54, 1.807) is 12.1 Å². The molecule has 2 rings (SSSR count). The van der Waals surface area contributed by atoms with Gasteiger partial charge in [-0.05, 0) is 70.6 Å². The predicted octanol–water partition coefficient (Wildman–Crippen LogP) is 3.95. The van der Waals surface area contributed by atoms with Gasteiger partial charge in [-0.25, -0.2) is 4.39 Å². The van der Waals surface area contributed by atoms with Crippen LogP contribution in [0, 0.1) is 19.7 Å². The molecule has 106 valence electrons. The van der Waals surface area contributed by atoms with Gasteiger partial charge in [0.25, 0.3) is 0 Å². The van der Waals surface area contributed by atoms with Crippen molar-refractivity contribution in [2.75, 3.05) is 0 Å².